The molecule has 5 heteroatoms. The smallest absolute Gasteiger partial charge is 0.159 e. The van der Waals surface area contributed by atoms with Crippen LogP contribution in [0.3, 0.4) is 0 Å². The van der Waals surface area contributed by atoms with Crippen LogP contribution in [-0.4, -0.2) is 15.1 Å². The molecule has 0 bridgehead atoms. The van der Waals surface area contributed by atoms with Gasteiger partial charge in [0.2, 0.25) is 0 Å². The van der Waals surface area contributed by atoms with Gasteiger partial charge in [-0.1, -0.05) is 0 Å². The van der Waals surface area contributed by atoms with E-state index in [0.717, 1.165) is 12.1 Å². The summed E-state index contributed by atoms with van der Waals surface area (Å²) in [5.74, 6) is -1.59. The Kier molecular flexibility index (Phi) is 2.87. The minimum Gasteiger partial charge on any atom is -0.388 e. The molecule has 2 rings (SSSR count). The number of aromatic nitrogens is 2. The first-order valence-corrected chi connectivity index (χ1v) is 4.59. The Morgan fingerprint density at radius 1 is 1.12 bits per heavy atom. The third-order valence-electron chi connectivity index (χ3n) is 2.06. The van der Waals surface area contributed by atoms with Gasteiger partial charge >= 0.3 is 0 Å². The van der Waals surface area contributed by atoms with E-state index >= 15 is 0 Å². The molecule has 0 radical (unpaired) electrons. The molecular formula is C11H8F2N2O. The minimum absolute atomic E-state index is 0.238. The first-order chi connectivity index (χ1) is 7.70. The van der Waals surface area contributed by atoms with Gasteiger partial charge in [-0.2, -0.15) is 0 Å². The van der Waals surface area contributed by atoms with Crippen LogP contribution in [0, 0.1) is 11.6 Å². The van der Waals surface area contributed by atoms with Crippen LogP contribution in [0.25, 0.3) is 11.3 Å². The molecule has 0 aliphatic rings. The summed E-state index contributed by atoms with van der Waals surface area (Å²) in [7, 11) is 0. The van der Waals surface area contributed by atoms with E-state index < -0.39 is 11.6 Å². The maximum atomic E-state index is 13.0. The molecule has 1 heterocycles. The lowest BCUT2D eigenvalue weighted by molar-refractivity contribution is 0.271. The molecule has 0 aliphatic carbocycles. The van der Waals surface area contributed by atoms with E-state index in [2.05, 4.69) is 9.97 Å². The van der Waals surface area contributed by atoms with Crippen molar-refractivity contribution in [3.63, 3.8) is 0 Å². The van der Waals surface area contributed by atoms with Gasteiger partial charge in [-0.15, -0.1) is 0 Å². The number of aliphatic hydroxyl groups excluding tert-OH is 1. The van der Waals surface area contributed by atoms with Gasteiger partial charge in [0.15, 0.2) is 17.5 Å². The summed E-state index contributed by atoms with van der Waals surface area (Å²) in [5.41, 5.74) is 0.883. The molecule has 0 aliphatic heterocycles. The van der Waals surface area contributed by atoms with E-state index in [9.17, 15) is 8.78 Å². The van der Waals surface area contributed by atoms with Crippen LogP contribution in [0.5, 0.6) is 0 Å². The normalized spacial score (nSPS) is 10.4. The van der Waals surface area contributed by atoms with Crippen molar-refractivity contribution in [2.24, 2.45) is 0 Å². The van der Waals surface area contributed by atoms with E-state index in [4.69, 9.17) is 5.11 Å². The van der Waals surface area contributed by atoms with Crippen molar-refractivity contribution >= 4 is 0 Å². The van der Waals surface area contributed by atoms with Crippen LogP contribution < -0.4 is 0 Å². The maximum absolute atomic E-state index is 13.0. The fourth-order valence-electron chi connectivity index (χ4n) is 1.29. The molecular weight excluding hydrogens is 214 g/mol. The largest absolute Gasteiger partial charge is 0.388 e. The third-order valence-corrected chi connectivity index (χ3v) is 2.06. The number of hydrogen-bond donors (Lipinski definition) is 1. The van der Waals surface area contributed by atoms with Gasteiger partial charge in [-0.3, -0.25) is 0 Å². The summed E-state index contributed by atoms with van der Waals surface area (Å²) in [4.78, 5) is 7.78. The molecule has 1 N–H and O–H groups in total. The van der Waals surface area contributed by atoms with E-state index in [1.54, 1.807) is 6.07 Å². The van der Waals surface area contributed by atoms with Crippen LogP contribution >= 0.6 is 0 Å². The molecule has 2 aromatic rings. The van der Waals surface area contributed by atoms with Gasteiger partial charge < -0.3 is 5.11 Å². The van der Waals surface area contributed by atoms with Gasteiger partial charge in [0.05, 0.1) is 5.69 Å². The lowest BCUT2D eigenvalue weighted by atomic mass is 10.1. The molecule has 1 aromatic heterocycles. The molecule has 82 valence electrons. The number of hydrogen-bond acceptors (Lipinski definition) is 3. The standard InChI is InChI=1S/C11H8F2N2O/c12-8-2-1-7(5-9(8)13)10-3-4-14-11(6-16)15-10/h1-5,16H,6H2. The SMILES string of the molecule is OCc1nccc(-c2ccc(F)c(F)c2)n1. The van der Waals surface area contributed by atoms with E-state index in [-0.39, 0.29) is 12.4 Å². The van der Waals surface area contributed by atoms with Crippen molar-refractivity contribution in [3.05, 3.63) is 47.9 Å². The summed E-state index contributed by atoms with van der Waals surface area (Å²) >= 11 is 0. The first-order valence-electron chi connectivity index (χ1n) is 4.59. The highest BCUT2D eigenvalue weighted by molar-refractivity contribution is 5.58. The van der Waals surface area contributed by atoms with Crippen molar-refractivity contribution in [2.45, 2.75) is 6.61 Å². The molecule has 0 amide bonds. The van der Waals surface area contributed by atoms with Gasteiger partial charge in [0, 0.05) is 11.8 Å². The zero-order valence-electron chi connectivity index (χ0n) is 8.19. The fraction of sp³-hybridized carbons (Fsp3) is 0.0909. The first kappa shape index (κ1) is 10.6. The maximum Gasteiger partial charge on any atom is 0.159 e. The van der Waals surface area contributed by atoms with Crippen molar-refractivity contribution in [2.75, 3.05) is 0 Å². The molecule has 3 nitrogen and oxygen atoms in total. The Morgan fingerprint density at radius 3 is 2.62 bits per heavy atom. The van der Waals surface area contributed by atoms with Gasteiger partial charge in [-0.25, -0.2) is 18.7 Å². The Hall–Kier alpha value is -1.88. The predicted molar refractivity (Wildman–Crippen MR) is 53.3 cm³/mol. The quantitative estimate of drug-likeness (QED) is 0.844. The molecule has 0 unspecified atom stereocenters. The van der Waals surface area contributed by atoms with Crippen molar-refractivity contribution in [1.82, 2.24) is 9.97 Å². The Morgan fingerprint density at radius 2 is 1.94 bits per heavy atom. The summed E-state index contributed by atoms with van der Waals surface area (Å²) < 4.78 is 25.7. The van der Waals surface area contributed by atoms with Crippen molar-refractivity contribution in [1.29, 1.82) is 0 Å². The molecule has 0 saturated carbocycles. The molecule has 0 spiro atoms. The Balaban J connectivity index is 2.46. The van der Waals surface area contributed by atoms with Crippen LogP contribution in [0.2, 0.25) is 0 Å². The zero-order valence-corrected chi connectivity index (χ0v) is 8.19. The Bertz CT molecular complexity index is 517. The van der Waals surface area contributed by atoms with Crippen LogP contribution in [0.4, 0.5) is 8.78 Å². The van der Waals surface area contributed by atoms with E-state index in [1.165, 1.54) is 12.3 Å². The number of rotatable bonds is 2. The highest BCUT2D eigenvalue weighted by Crippen LogP contribution is 2.19. The average molecular weight is 222 g/mol. The fourth-order valence-corrected chi connectivity index (χ4v) is 1.29. The summed E-state index contributed by atoms with van der Waals surface area (Å²) in [6.45, 7) is -0.294. The van der Waals surface area contributed by atoms with E-state index in [1.807, 2.05) is 0 Å². The molecule has 0 atom stereocenters. The predicted octanol–water partition coefficient (Wildman–Crippen LogP) is 1.91. The summed E-state index contributed by atoms with van der Waals surface area (Å²) in [5, 5.41) is 8.85. The number of nitrogens with zero attached hydrogens (tertiary/aromatic N) is 2. The van der Waals surface area contributed by atoms with Gasteiger partial charge in [0.1, 0.15) is 6.61 Å². The van der Waals surface area contributed by atoms with Crippen LogP contribution in [0.15, 0.2) is 30.5 Å². The van der Waals surface area contributed by atoms with Crippen molar-refractivity contribution < 1.29 is 13.9 Å². The third kappa shape index (κ3) is 2.04. The molecule has 0 fully saturated rings. The highest BCUT2D eigenvalue weighted by atomic mass is 19.2. The molecule has 0 saturated heterocycles. The second-order valence-electron chi connectivity index (χ2n) is 3.15. The molecule has 16 heavy (non-hydrogen) atoms. The monoisotopic (exact) mass is 222 g/mol. The summed E-state index contributed by atoms with van der Waals surface area (Å²) in [6.07, 6.45) is 1.45. The van der Waals surface area contributed by atoms with Gasteiger partial charge in [0.25, 0.3) is 0 Å². The Labute approximate surface area is 90.4 Å². The second kappa shape index (κ2) is 4.32. The summed E-state index contributed by atoms with van der Waals surface area (Å²) in [6, 6.07) is 5.07. The second-order valence-corrected chi connectivity index (χ2v) is 3.15. The minimum atomic E-state index is -0.929. The number of halogens is 2. The lowest BCUT2D eigenvalue weighted by Gasteiger charge is -2.02. The van der Waals surface area contributed by atoms with E-state index in [0.29, 0.717) is 11.3 Å². The zero-order chi connectivity index (χ0) is 11.5. The van der Waals surface area contributed by atoms with Gasteiger partial charge in [-0.05, 0) is 24.3 Å². The molecule has 1 aromatic carbocycles. The highest BCUT2D eigenvalue weighted by Gasteiger charge is 2.06. The van der Waals surface area contributed by atoms with Crippen molar-refractivity contribution in [3.8, 4) is 11.3 Å². The number of aliphatic hydroxyl groups is 1. The lowest BCUT2D eigenvalue weighted by Crippen LogP contribution is -1.96. The average Bonchev–Trinajstić information content (AvgIpc) is 2.33. The topological polar surface area (TPSA) is 46.0 Å². The van der Waals surface area contributed by atoms with Crippen LogP contribution in [-0.2, 0) is 6.61 Å². The van der Waals surface area contributed by atoms with Crippen LogP contribution in [0.1, 0.15) is 5.82 Å². The number of benzene rings is 1.